The Labute approximate surface area is 126 Å². The van der Waals surface area contributed by atoms with Crippen molar-refractivity contribution < 1.29 is 17.6 Å². The van der Waals surface area contributed by atoms with Gasteiger partial charge in [-0.05, 0) is 53.6 Å². The van der Waals surface area contributed by atoms with Gasteiger partial charge in [-0.25, -0.2) is 4.39 Å². The third-order valence-electron chi connectivity index (χ3n) is 3.86. The minimum atomic E-state index is -4.55. The summed E-state index contributed by atoms with van der Waals surface area (Å²) in [5, 5.41) is 0. The summed E-state index contributed by atoms with van der Waals surface area (Å²) in [5.74, 6) is -0.869. The maximum absolute atomic E-state index is 13.1. The molecule has 0 nitrogen and oxygen atoms in total. The minimum absolute atomic E-state index is 0.0974. The van der Waals surface area contributed by atoms with Crippen LogP contribution in [0, 0.1) is 5.82 Å². The van der Waals surface area contributed by atoms with E-state index in [1.807, 2.05) is 24.3 Å². The van der Waals surface area contributed by atoms with Gasteiger partial charge in [0.25, 0.3) is 0 Å². The summed E-state index contributed by atoms with van der Waals surface area (Å²) in [4.78, 5) is 0. The van der Waals surface area contributed by atoms with Gasteiger partial charge in [0.1, 0.15) is 5.82 Å². The highest BCUT2D eigenvalue weighted by Crippen LogP contribution is 2.34. The Hall–Kier alpha value is -2.10. The molecular weight excluding hydrogens is 292 g/mol. The molecule has 4 heteroatoms. The average molecular weight is 306 g/mol. The van der Waals surface area contributed by atoms with E-state index in [1.54, 1.807) is 0 Å². The van der Waals surface area contributed by atoms with E-state index >= 15 is 0 Å². The molecule has 0 amide bonds. The predicted octanol–water partition coefficient (Wildman–Crippen LogP) is 5.39. The molecular formula is C18H14F4. The van der Waals surface area contributed by atoms with Gasteiger partial charge >= 0.3 is 6.18 Å². The van der Waals surface area contributed by atoms with Crippen molar-refractivity contribution >= 4 is 6.08 Å². The van der Waals surface area contributed by atoms with Gasteiger partial charge in [-0.3, -0.25) is 0 Å². The van der Waals surface area contributed by atoms with Crippen LogP contribution < -0.4 is 0 Å². The van der Waals surface area contributed by atoms with Crippen molar-refractivity contribution in [3.05, 3.63) is 76.1 Å². The lowest BCUT2D eigenvalue weighted by atomic mass is 9.92. The summed E-state index contributed by atoms with van der Waals surface area (Å²) in [7, 11) is 0. The molecule has 0 spiro atoms. The summed E-state index contributed by atoms with van der Waals surface area (Å²) >= 11 is 0. The Kier molecular flexibility index (Phi) is 3.77. The molecule has 2 aromatic carbocycles. The zero-order chi connectivity index (χ0) is 15.7. The monoisotopic (exact) mass is 306 g/mol. The number of rotatable bonds is 2. The molecule has 0 saturated heterocycles. The number of aryl methyl sites for hydroxylation is 1. The molecule has 0 fully saturated rings. The Balaban J connectivity index is 1.95. The van der Waals surface area contributed by atoms with Crippen molar-refractivity contribution in [1.82, 2.24) is 0 Å². The lowest BCUT2D eigenvalue weighted by molar-refractivity contribution is -0.138. The normalized spacial score (nSPS) is 14.0. The lowest BCUT2D eigenvalue weighted by Crippen LogP contribution is -2.10. The molecule has 0 unspecified atom stereocenters. The fourth-order valence-electron chi connectivity index (χ4n) is 2.78. The standard InChI is InChI=1S/C18H14F4/c19-16-8-7-15(17(11-16)18(20,21)22)10-12-5-6-13-3-1-2-4-14(13)9-12/h1,3,5-9,11H,2,4,10H2. The molecule has 1 aliphatic carbocycles. The Morgan fingerprint density at radius 3 is 2.59 bits per heavy atom. The van der Waals surface area contributed by atoms with Crippen LogP contribution in [0.15, 0.2) is 42.5 Å². The van der Waals surface area contributed by atoms with Crippen molar-refractivity contribution in [3.8, 4) is 0 Å². The summed E-state index contributed by atoms with van der Waals surface area (Å²) in [6.45, 7) is 0. The van der Waals surface area contributed by atoms with Gasteiger partial charge in [0.15, 0.2) is 0 Å². The first-order chi connectivity index (χ1) is 10.4. The van der Waals surface area contributed by atoms with Crippen LogP contribution >= 0.6 is 0 Å². The van der Waals surface area contributed by atoms with Crippen LogP contribution in [0.1, 0.15) is 34.2 Å². The number of hydrogen-bond acceptors (Lipinski definition) is 0. The molecule has 0 radical (unpaired) electrons. The second kappa shape index (κ2) is 5.59. The molecule has 114 valence electrons. The Morgan fingerprint density at radius 2 is 1.82 bits per heavy atom. The second-order valence-corrected chi connectivity index (χ2v) is 5.45. The highest BCUT2D eigenvalue weighted by atomic mass is 19.4. The molecule has 0 saturated carbocycles. The largest absolute Gasteiger partial charge is 0.416 e. The van der Waals surface area contributed by atoms with Gasteiger partial charge in [-0.2, -0.15) is 13.2 Å². The van der Waals surface area contributed by atoms with Crippen molar-refractivity contribution in [2.45, 2.75) is 25.4 Å². The van der Waals surface area contributed by atoms with E-state index in [2.05, 4.69) is 6.08 Å². The molecule has 0 bridgehead atoms. The fourth-order valence-corrected chi connectivity index (χ4v) is 2.78. The molecule has 0 aromatic heterocycles. The molecule has 2 aromatic rings. The topological polar surface area (TPSA) is 0 Å². The van der Waals surface area contributed by atoms with Crippen LogP contribution in [0.5, 0.6) is 0 Å². The highest BCUT2D eigenvalue weighted by Gasteiger charge is 2.33. The number of halogens is 4. The molecule has 0 aliphatic heterocycles. The van der Waals surface area contributed by atoms with E-state index in [0.29, 0.717) is 6.07 Å². The summed E-state index contributed by atoms with van der Waals surface area (Å²) in [6, 6.07) is 8.57. The van der Waals surface area contributed by atoms with Crippen molar-refractivity contribution in [2.75, 3.05) is 0 Å². The first kappa shape index (κ1) is 14.8. The number of benzene rings is 2. The highest BCUT2D eigenvalue weighted by molar-refractivity contribution is 5.57. The Morgan fingerprint density at radius 1 is 1.00 bits per heavy atom. The fraction of sp³-hybridized carbons (Fsp3) is 0.222. The van der Waals surface area contributed by atoms with Crippen LogP contribution in [-0.4, -0.2) is 0 Å². The first-order valence-corrected chi connectivity index (χ1v) is 7.07. The molecule has 3 rings (SSSR count). The number of allylic oxidation sites excluding steroid dienone is 1. The van der Waals surface area contributed by atoms with E-state index in [0.717, 1.165) is 35.6 Å². The summed E-state index contributed by atoms with van der Waals surface area (Å²) in [6.07, 6.45) is 1.56. The number of fused-ring (bicyclic) bond motifs is 1. The first-order valence-electron chi connectivity index (χ1n) is 7.07. The average Bonchev–Trinajstić information content (AvgIpc) is 2.48. The zero-order valence-corrected chi connectivity index (χ0v) is 11.8. The van der Waals surface area contributed by atoms with Crippen molar-refractivity contribution in [2.24, 2.45) is 0 Å². The summed E-state index contributed by atoms with van der Waals surface area (Å²) in [5.41, 5.74) is 2.28. The van der Waals surface area contributed by atoms with Gasteiger partial charge in [-0.1, -0.05) is 36.4 Å². The van der Waals surface area contributed by atoms with E-state index in [9.17, 15) is 17.6 Å². The van der Waals surface area contributed by atoms with E-state index in [4.69, 9.17) is 0 Å². The maximum atomic E-state index is 13.1. The van der Waals surface area contributed by atoms with Gasteiger partial charge in [0, 0.05) is 0 Å². The molecule has 0 atom stereocenters. The van der Waals surface area contributed by atoms with Crippen LogP contribution in [0.3, 0.4) is 0 Å². The zero-order valence-electron chi connectivity index (χ0n) is 11.8. The third-order valence-corrected chi connectivity index (χ3v) is 3.86. The van der Waals surface area contributed by atoms with Crippen molar-refractivity contribution in [1.29, 1.82) is 0 Å². The SMILES string of the molecule is Fc1ccc(Cc2ccc3c(c2)CCC=C3)c(C(F)(F)F)c1. The molecule has 0 heterocycles. The van der Waals surface area contributed by atoms with E-state index < -0.39 is 17.6 Å². The lowest BCUT2D eigenvalue weighted by Gasteiger charge is -2.15. The van der Waals surface area contributed by atoms with Crippen LogP contribution in [-0.2, 0) is 19.0 Å². The predicted molar refractivity (Wildman–Crippen MR) is 78.0 cm³/mol. The minimum Gasteiger partial charge on any atom is -0.207 e. The summed E-state index contributed by atoms with van der Waals surface area (Å²) < 4.78 is 52.2. The smallest absolute Gasteiger partial charge is 0.207 e. The second-order valence-electron chi connectivity index (χ2n) is 5.45. The van der Waals surface area contributed by atoms with Crippen LogP contribution in [0.25, 0.3) is 6.08 Å². The van der Waals surface area contributed by atoms with Crippen LogP contribution in [0.4, 0.5) is 17.6 Å². The van der Waals surface area contributed by atoms with E-state index in [-0.39, 0.29) is 12.0 Å². The molecule has 0 N–H and O–H groups in total. The molecule has 1 aliphatic rings. The maximum Gasteiger partial charge on any atom is 0.416 e. The Bertz CT molecular complexity index is 726. The third kappa shape index (κ3) is 3.06. The quantitative estimate of drug-likeness (QED) is 0.652. The van der Waals surface area contributed by atoms with Crippen molar-refractivity contribution in [3.63, 3.8) is 0 Å². The van der Waals surface area contributed by atoms with Gasteiger partial charge in [0.05, 0.1) is 5.56 Å². The number of hydrogen-bond donors (Lipinski definition) is 0. The van der Waals surface area contributed by atoms with Gasteiger partial charge in [-0.15, -0.1) is 0 Å². The van der Waals surface area contributed by atoms with Gasteiger partial charge < -0.3 is 0 Å². The van der Waals surface area contributed by atoms with Crippen LogP contribution in [0.2, 0.25) is 0 Å². The molecule has 22 heavy (non-hydrogen) atoms. The van der Waals surface area contributed by atoms with E-state index in [1.165, 1.54) is 6.07 Å². The number of alkyl halides is 3. The van der Waals surface area contributed by atoms with Gasteiger partial charge in [0.2, 0.25) is 0 Å².